The van der Waals surface area contributed by atoms with Crippen molar-refractivity contribution in [2.75, 3.05) is 14.2 Å². The smallest absolute Gasteiger partial charge is 0.122 e. The molecule has 0 amide bonds. The fourth-order valence-corrected chi connectivity index (χ4v) is 3.90. The second-order valence-electron chi connectivity index (χ2n) is 4.91. The highest BCUT2D eigenvalue weighted by molar-refractivity contribution is 5.63. The summed E-state index contributed by atoms with van der Waals surface area (Å²) >= 11 is 0. The second-order valence-corrected chi connectivity index (χ2v) is 4.91. The molecule has 2 saturated carbocycles. The first-order valence-electron chi connectivity index (χ1n) is 5.61. The van der Waals surface area contributed by atoms with E-state index in [-0.39, 0.29) is 0 Å². The zero-order chi connectivity index (χ0) is 10.2. The fraction of sp³-hybridized carbons (Fsp3) is 0.538. The molecule has 0 radical (unpaired) electrons. The number of hydrogen-bond acceptors (Lipinski definition) is 2. The van der Waals surface area contributed by atoms with Gasteiger partial charge in [0.2, 0.25) is 0 Å². The normalized spacial score (nSPS) is 37.7. The van der Waals surface area contributed by atoms with E-state index < -0.39 is 0 Å². The van der Waals surface area contributed by atoms with E-state index in [0.29, 0.717) is 0 Å². The van der Waals surface area contributed by atoms with Gasteiger partial charge in [0.15, 0.2) is 0 Å². The lowest BCUT2D eigenvalue weighted by molar-refractivity contribution is 0.351. The zero-order valence-corrected chi connectivity index (χ0v) is 8.99. The molecule has 0 aliphatic heterocycles. The molecule has 4 atom stereocenters. The van der Waals surface area contributed by atoms with Crippen molar-refractivity contribution in [1.29, 1.82) is 0 Å². The average molecular weight is 202 g/mol. The molecule has 3 aliphatic rings. The van der Waals surface area contributed by atoms with Gasteiger partial charge in [0.1, 0.15) is 11.5 Å². The van der Waals surface area contributed by atoms with Gasteiger partial charge in [-0.05, 0) is 42.2 Å². The maximum Gasteiger partial charge on any atom is 0.122 e. The van der Waals surface area contributed by atoms with Gasteiger partial charge in [-0.2, -0.15) is 0 Å². The summed E-state index contributed by atoms with van der Waals surface area (Å²) < 4.78 is 10.9. The number of methoxy groups -OCH3 is 2. The summed E-state index contributed by atoms with van der Waals surface area (Å²) in [4.78, 5) is 0. The molecule has 0 spiro atoms. The Labute approximate surface area is 89.2 Å². The third kappa shape index (κ3) is 0.715. The highest BCUT2D eigenvalue weighted by atomic mass is 16.5. The van der Waals surface area contributed by atoms with Gasteiger partial charge in [0, 0.05) is 11.1 Å². The number of fused-ring (bicyclic) bond motifs is 4. The SMILES string of the molecule is COc1ccc(OC)c2c1[C@H]1[C@H]3C[C@@H]2[C@H]31. The van der Waals surface area contributed by atoms with Crippen LogP contribution in [0, 0.1) is 11.8 Å². The molecule has 0 bridgehead atoms. The molecule has 1 aromatic rings. The van der Waals surface area contributed by atoms with E-state index in [1.54, 1.807) is 14.2 Å². The summed E-state index contributed by atoms with van der Waals surface area (Å²) in [6.45, 7) is 0. The number of hydrogen-bond donors (Lipinski definition) is 0. The molecule has 0 unspecified atom stereocenters. The van der Waals surface area contributed by atoms with Gasteiger partial charge in [-0.25, -0.2) is 0 Å². The van der Waals surface area contributed by atoms with Crippen molar-refractivity contribution < 1.29 is 9.47 Å². The van der Waals surface area contributed by atoms with Gasteiger partial charge in [-0.1, -0.05) is 0 Å². The lowest BCUT2D eigenvalue weighted by atomic mass is 9.78. The Morgan fingerprint density at radius 3 is 2.40 bits per heavy atom. The predicted molar refractivity (Wildman–Crippen MR) is 56.6 cm³/mol. The van der Waals surface area contributed by atoms with Crippen molar-refractivity contribution in [3.05, 3.63) is 23.3 Å². The molecule has 2 heteroatoms. The van der Waals surface area contributed by atoms with E-state index in [2.05, 4.69) is 12.1 Å². The first kappa shape index (κ1) is 8.03. The molecule has 0 saturated heterocycles. The minimum atomic E-state index is 0.778. The van der Waals surface area contributed by atoms with E-state index in [0.717, 1.165) is 35.2 Å². The lowest BCUT2D eigenvalue weighted by Crippen LogP contribution is -2.16. The Morgan fingerprint density at radius 2 is 1.73 bits per heavy atom. The second kappa shape index (κ2) is 2.31. The Balaban J connectivity index is 1.97. The summed E-state index contributed by atoms with van der Waals surface area (Å²) in [6.07, 6.45) is 1.38. The van der Waals surface area contributed by atoms with Crippen LogP contribution >= 0.6 is 0 Å². The first-order chi connectivity index (χ1) is 7.36. The zero-order valence-electron chi connectivity index (χ0n) is 8.99. The van der Waals surface area contributed by atoms with E-state index in [9.17, 15) is 0 Å². The van der Waals surface area contributed by atoms with Crippen molar-refractivity contribution in [2.45, 2.75) is 18.3 Å². The van der Waals surface area contributed by atoms with Crippen LogP contribution in [0.4, 0.5) is 0 Å². The number of ether oxygens (including phenoxy) is 2. The third-order valence-corrected chi connectivity index (χ3v) is 4.57. The predicted octanol–water partition coefficient (Wildman–Crippen LogP) is 2.53. The van der Waals surface area contributed by atoms with Crippen molar-refractivity contribution >= 4 is 0 Å². The molecule has 4 rings (SSSR count). The van der Waals surface area contributed by atoms with Crippen LogP contribution in [0.1, 0.15) is 29.4 Å². The highest BCUT2D eigenvalue weighted by Gasteiger charge is 2.70. The summed E-state index contributed by atoms with van der Waals surface area (Å²) in [7, 11) is 3.53. The van der Waals surface area contributed by atoms with Crippen molar-refractivity contribution in [1.82, 2.24) is 0 Å². The Hall–Kier alpha value is -1.18. The summed E-state index contributed by atoms with van der Waals surface area (Å²) in [6, 6.07) is 4.10. The van der Waals surface area contributed by atoms with Gasteiger partial charge in [-0.15, -0.1) is 0 Å². The maximum absolute atomic E-state index is 5.47. The maximum atomic E-state index is 5.47. The Bertz CT molecular complexity index is 419. The molecule has 78 valence electrons. The molecule has 3 aliphatic carbocycles. The van der Waals surface area contributed by atoms with Gasteiger partial charge < -0.3 is 9.47 Å². The van der Waals surface area contributed by atoms with E-state index in [1.807, 2.05) is 0 Å². The Kier molecular flexibility index (Phi) is 1.24. The monoisotopic (exact) mass is 202 g/mol. The molecule has 0 aromatic heterocycles. The van der Waals surface area contributed by atoms with E-state index in [1.165, 1.54) is 17.5 Å². The number of rotatable bonds is 2. The molecule has 15 heavy (non-hydrogen) atoms. The van der Waals surface area contributed by atoms with Crippen molar-refractivity contribution in [3.63, 3.8) is 0 Å². The van der Waals surface area contributed by atoms with Crippen molar-refractivity contribution in [2.24, 2.45) is 11.8 Å². The van der Waals surface area contributed by atoms with Gasteiger partial charge in [0.25, 0.3) is 0 Å². The molecular weight excluding hydrogens is 188 g/mol. The van der Waals surface area contributed by atoms with E-state index in [4.69, 9.17) is 9.47 Å². The van der Waals surface area contributed by atoms with E-state index >= 15 is 0 Å². The summed E-state index contributed by atoms with van der Waals surface area (Å²) in [5, 5.41) is 0. The third-order valence-electron chi connectivity index (χ3n) is 4.57. The standard InChI is InChI=1S/C13H14O2/c1-14-8-3-4-9(15-2)13-11(8)6-5-7-10(6)12(7)13/h3-4,6-7,10,12H,5H2,1-2H3/t6-,7+,10-,12+/m1/s1. The van der Waals surface area contributed by atoms with Gasteiger partial charge in [-0.3, -0.25) is 0 Å². The molecule has 1 aromatic carbocycles. The molecule has 2 nitrogen and oxygen atoms in total. The molecule has 0 N–H and O–H groups in total. The average Bonchev–Trinajstić information content (AvgIpc) is 2.73. The largest absolute Gasteiger partial charge is 0.496 e. The quantitative estimate of drug-likeness (QED) is 0.733. The van der Waals surface area contributed by atoms with Crippen molar-refractivity contribution in [3.8, 4) is 11.5 Å². The van der Waals surface area contributed by atoms with Crippen LogP contribution in [0.25, 0.3) is 0 Å². The topological polar surface area (TPSA) is 18.5 Å². The van der Waals surface area contributed by atoms with Gasteiger partial charge in [0.05, 0.1) is 14.2 Å². The minimum absolute atomic E-state index is 0.778. The van der Waals surface area contributed by atoms with Crippen LogP contribution in [0.3, 0.4) is 0 Å². The molecule has 2 fully saturated rings. The van der Waals surface area contributed by atoms with Crippen LogP contribution < -0.4 is 9.47 Å². The van der Waals surface area contributed by atoms with Crippen LogP contribution in [0.15, 0.2) is 12.1 Å². The van der Waals surface area contributed by atoms with Gasteiger partial charge >= 0.3 is 0 Å². The number of benzene rings is 1. The Morgan fingerprint density at radius 1 is 1.07 bits per heavy atom. The molecular formula is C13H14O2. The lowest BCUT2D eigenvalue weighted by Gasteiger charge is -2.28. The highest BCUT2D eigenvalue weighted by Crippen LogP contribution is 2.80. The van der Waals surface area contributed by atoms with Crippen LogP contribution in [-0.2, 0) is 0 Å². The van der Waals surface area contributed by atoms with Crippen LogP contribution in [0.2, 0.25) is 0 Å². The van der Waals surface area contributed by atoms with Crippen LogP contribution in [0.5, 0.6) is 11.5 Å². The summed E-state index contributed by atoms with van der Waals surface area (Å²) in [5.41, 5.74) is 2.91. The molecule has 0 heterocycles. The fourth-order valence-electron chi connectivity index (χ4n) is 3.90. The first-order valence-corrected chi connectivity index (χ1v) is 5.61. The van der Waals surface area contributed by atoms with Crippen LogP contribution in [-0.4, -0.2) is 14.2 Å². The summed E-state index contributed by atoms with van der Waals surface area (Å²) in [5.74, 6) is 5.63. The minimum Gasteiger partial charge on any atom is -0.496 e.